The number of carboxylic acids is 1. The summed E-state index contributed by atoms with van der Waals surface area (Å²) in [4.78, 5) is 28.1. The summed E-state index contributed by atoms with van der Waals surface area (Å²) in [5.41, 5.74) is 8.12. The van der Waals surface area contributed by atoms with Crippen LogP contribution >= 0.6 is 0 Å². The van der Waals surface area contributed by atoms with Gasteiger partial charge in [0.25, 0.3) is 5.91 Å². The summed E-state index contributed by atoms with van der Waals surface area (Å²) in [5.74, 6) is -1.58. The van der Waals surface area contributed by atoms with Crippen LogP contribution in [0.2, 0.25) is 0 Å². The van der Waals surface area contributed by atoms with Gasteiger partial charge in [0.05, 0.1) is 12.2 Å². The van der Waals surface area contributed by atoms with Gasteiger partial charge >= 0.3 is 5.97 Å². The number of benzene rings is 2. The molecule has 1 aliphatic carbocycles. The molecular weight excluding hydrogens is 480 g/mol. The fraction of sp³-hybridized carbons (Fsp3) is 0.500. The number of hydrogen-bond acceptors (Lipinski definition) is 5. The molecule has 5 rings (SSSR count). The lowest BCUT2D eigenvalue weighted by molar-refractivity contribution is -0.141. The maximum atomic E-state index is 15.1. The van der Waals surface area contributed by atoms with Crippen LogP contribution in [0.4, 0.5) is 14.5 Å². The van der Waals surface area contributed by atoms with Crippen LogP contribution in [0.25, 0.3) is 0 Å². The zero-order valence-electron chi connectivity index (χ0n) is 20.8. The number of nitrogen functional groups attached to an aromatic ring is 1. The minimum atomic E-state index is -1.06. The van der Waals surface area contributed by atoms with Gasteiger partial charge in [0.2, 0.25) is 0 Å². The number of aliphatic carboxylic acids is 1. The van der Waals surface area contributed by atoms with Crippen molar-refractivity contribution in [3.8, 4) is 5.75 Å². The van der Waals surface area contributed by atoms with E-state index in [1.807, 2.05) is 0 Å². The van der Waals surface area contributed by atoms with Gasteiger partial charge in [-0.2, -0.15) is 0 Å². The second-order valence-electron chi connectivity index (χ2n) is 10.5. The molecule has 3 aliphatic rings. The number of carbonyl (C=O) groups excluding carboxylic acids is 1. The molecule has 0 radical (unpaired) electrons. The third kappa shape index (κ3) is 5.71. The molecule has 3 fully saturated rings. The Balaban J connectivity index is 1.21. The molecule has 37 heavy (non-hydrogen) atoms. The van der Waals surface area contributed by atoms with Gasteiger partial charge in [0.1, 0.15) is 23.4 Å². The van der Waals surface area contributed by atoms with Crippen LogP contribution < -0.4 is 10.5 Å². The molecule has 0 bridgehead atoms. The first-order chi connectivity index (χ1) is 17.8. The summed E-state index contributed by atoms with van der Waals surface area (Å²) in [6.45, 7) is 3.04. The van der Waals surface area contributed by atoms with Crippen molar-refractivity contribution in [3.63, 3.8) is 0 Å². The van der Waals surface area contributed by atoms with E-state index in [9.17, 15) is 19.1 Å². The molecule has 1 atom stereocenters. The van der Waals surface area contributed by atoms with Crippen molar-refractivity contribution in [2.45, 2.75) is 57.0 Å². The van der Waals surface area contributed by atoms with Crippen LogP contribution in [0, 0.1) is 17.6 Å². The Kier molecular flexibility index (Phi) is 7.33. The molecule has 1 amide bonds. The van der Waals surface area contributed by atoms with Gasteiger partial charge in [-0.3, -0.25) is 9.69 Å². The number of anilines is 1. The molecule has 7 nitrogen and oxygen atoms in total. The van der Waals surface area contributed by atoms with E-state index < -0.39 is 23.7 Å². The quantitative estimate of drug-likeness (QED) is 0.508. The van der Waals surface area contributed by atoms with Crippen LogP contribution in [0.3, 0.4) is 0 Å². The van der Waals surface area contributed by atoms with Gasteiger partial charge < -0.3 is 20.5 Å². The lowest BCUT2D eigenvalue weighted by atomic mass is 9.97. The number of ether oxygens (including phenoxy) is 1. The molecule has 3 N–H and O–H groups in total. The van der Waals surface area contributed by atoms with Gasteiger partial charge in [0.15, 0.2) is 0 Å². The zero-order chi connectivity index (χ0) is 26.1. The van der Waals surface area contributed by atoms with E-state index in [1.165, 1.54) is 23.1 Å². The topological polar surface area (TPSA) is 96.1 Å². The van der Waals surface area contributed by atoms with Crippen molar-refractivity contribution in [2.75, 3.05) is 32.0 Å². The smallest absolute Gasteiger partial charge is 0.326 e. The van der Waals surface area contributed by atoms with E-state index in [2.05, 4.69) is 4.90 Å². The summed E-state index contributed by atoms with van der Waals surface area (Å²) < 4.78 is 34.8. The monoisotopic (exact) mass is 513 g/mol. The molecule has 2 aromatic rings. The average molecular weight is 514 g/mol. The highest BCUT2D eigenvalue weighted by Crippen LogP contribution is 2.45. The molecule has 2 saturated heterocycles. The van der Waals surface area contributed by atoms with E-state index in [0.717, 1.165) is 49.9 Å². The van der Waals surface area contributed by atoms with Gasteiger partial charge in [-0.1, -0.05) is 0 Å². The summed E-state index contributed by atoms with van der Waals surface area (Å²) in [5, 5.41) is 9.42. The first kappa shape index (κ1) is 25.4. The van der Waals surface area contributed by atoms with Gasteiger partial charge in [-0.05, 0) is 98.8 Å². The number of nitrogens with two attached hydrogens (primary N) is 1. The molecule has 2 aromatic carbocycles. The first-order valence-electron chi connectivity index (χ1n) is 13.1. The summed E-state index contributed by atoms with van der Waals surface area (Å²) in [6, 6.07) is 6.41. The highest BCUT2D eigenvalue weighted by atomic mass is 19.1. The van der Waals surface area contributed by atoms with Gasteiger partial charge in [-0.25, -0.2) is 13.6 Å². The molecule has 0 aromatic heterocycles. The van der Waals surface area contributed by atoms with E-state index in [1.54, 1.807) is 12.1 Å². The number of rotatable bonds is 8. The van der Waals surface area contributed by atoms with Gasteiger partial charge in [0, 0.05) is 24.8 Å². The number of nitrogens with zero attached hydrogens (tertiary/aromatic N) is 2. The maximum Gasteiger partial charge on any atom is 0.326 e. The fourth-order valence-corrected chi connectivity index (χ4v) is 5.47. The summed E-state index contributed by atoms with van der Waals surface area (Å²) in [7, 11) is 0. The zero-order valence-corrected chi connectivity index (χ0v) is 20.8. The molecule has 0 spiro atoms. The predicted octanol–water partition coefficient (Wildman–Crippen LogP) is 4.40. The summed E-state index contributed by atoms with van der Waals surface area (Å²) in [6.07, 6.45) is 4.69. The van der Waals surface area contributed by atoms with E-state index in [4.69, 9.17) is 10.5 Å². The van der Waals surface area contributed by atoms with Crippen LogP contribution in [-0.2, 0) is 11.3 Å². The van der Waals surface area contributed by atoms with Crippen molar-refractivity contribution < 1.29 is 28.2 Å². The van der Waals surface area contributed by atoms with E-state index in [-0.39, 0.29) is 17.3 Å². The minimum absolute atomic E-state index is 0.0765. The number of piperidine rings is 1. The third-order valence-corrected chi connectivity index (χ3v) is 7.83. The van der Waals surface area contributed by atoms with Crippen molar-refractivity contribution in [3.05, 3.63) is 58.7 Å². The number of likely N-dealkylation sites (tertiary alicyclic amines) is 2. The Morgan fingerprint density at radius 2 is 1.78 bits per heavy atom. The van der Waals surface area contributed by atoms with Crippen LogP contribution in [0.1, 0.15) is 65.9 Å². The van der Waals surface area contributed by atoms with Crippen molar-refractivity contribution >= 4 is 17.6 Å². The predicted molar refractivity (Wildman–Crippen MR) is 134 cm³/mol. The van der Waals surface area contributed by atoms with Crippen LogP contribution in [0.5, 0.6) is 5.75 Å². The second kappa shape index (κ2) is 10.7. The Morgan fingerprint density at radius 3 is 2.49 bits per heavy atom. The van der Waals surface area contributed by atoms with E-state index >= 15 is 4.39 Å². The maximum absolute atomic E-state index is 15.1. The largest absolute Gasteiger partial charge is 0.493 e. The third-order valence-electron chi connectivity index (χ3n) is 7.83. The SMILES string of the molecule is Nc1ccc(F)cc1CN1CCC(COc2cc(F)c(C(=O)N3CCCC3C(=O)O)cc2C2CC2)CC1. The molecule has 1 unspecified atom stereocenters. The van der Waals surface area contributed by atoms with Crippen molar-refractivity contribution in [1.29, 1.82) is 0 Å². The first-order valence-corrected chi connectivity index (χ1v) is 13.1. The molecule has 198 valence electrons. The molecule has 2 heterocycles. The lowest BCUT2D eigenvalue weighted by Crippen LogP contribution is -2.40. The van der Waals surface area contributed by atoms with Crippen LogP contribution in [-0.4, -0.2) is 59.1 Å². The van der Waals surface area contributed by atoms with Crippen molar-refractivity contribution in [2.24, 2.45) is 5.92 Å². The van der Waals surface area contributed by atoms with E-state index in [0.29, 0.717) is 49.9 Å². The standard InChI is InChI=1S/C28H33F2N3O4/c29-20-5-6-24(31)19(12-20)15-32-10-7-17(8-11-32)16-37-26-14-23(30)22(13-21(26)18-3-4-18)27(34)33-9-1-2-25(33)28(35)36/h5-6,12-14,17-18,25H,1-4,7-11,15-16,31H2,(H,35,36). The van der Waals surface area contributed by atoms with Crippen molar-refractivity contribution in [1.82, 2.24) is 9.80 Å². The number of hydrogen-bond donors (Lipinski definition) is 2. The normalized spacial score (nSPS) is 20.8. The lowest BCUT2D eigenvalue weighted by Gasteiger charge is -2.32. The highest BCUT2D eigenvalue weighted by molar-refractivity contribution is 5.97. The molecule has 2 aliphatic heterocycles. The summed E-state index contributed by atoms with van der Waals surface area (Å²) >= 11 is 0. The molecule has 9 heteroatoms. The molecular formula is C28H33F2N3O4. The number of carbonyl (C=O) groups is 2. The molecule has 1 saturated carbocycles. The number of amides is 1. The minimum Gasteiger partial charge on any atom is -0.493 e. The highest BCUT2D eigenvalue weighted by Gasteiger charge is 2.37. The number of halogens is 2. The Bertz CT molecular complexity index is 1180. The Morgan fingerprint density at radius 1 is 1.03 bits per heavy atom. The average Bonchev–Trinajstić information content (AvgIpc) is 3.60. The number of carboxylic acid groups (broad SMARTS) is 1. The van der Waals surface area contributed by atoms with Crippen LogP contribution in [0.15, 0.2) is 30.3 Å². The Hall–Kier alpha value is -3.20. The fourth-order valence-electron chi connectivity index (χ4n) is 5.47. The van der Waals surface area contributed by atoms with Gasteiger partial charge in [-0.15, -0.1) is 0 Å². The Labute approximate surface area is 215 Å². The second-order valence-corrected chi connectivity index (χ2v) is 10.5.